The summed E-state index contributed by atoms with van der Waals surface area (Å²) in [6, 6.07) is 3.00. The highest BCUT2D eigenvalue weighted by Gasteiger charge is 2.39. The smallest absolute Gasteiger partial charge is 0.433 e. The van der Waals surface area contributed by atoms with Gasteiger partial charge in [-0.15, -0.1) is 0 Å². The highest BCUT2D eigenvalue weighted by molar-refractivity contribution is 6.32. The van der Waals surface area contributed by atoms with Gasteiger partial charge in [0.25, 0.3) is 0 Å². The average molecular weight is 412 g/mol. The first-order valence-electron chi connectivity index (χ1n) is 7.60. The van der Waals surface area contributed by atoms with Crippen LogP contribution in [0.4, 0.5) is 27.6 Å². The fourth-order valence-electron chi connectivity index (χ4n) is 2.33. The number of hydrogen-bond donors (Lipinski definition) is 1. The Balaban J connectivity index is 2.30. The van der Waals surface area contributed by atoms with Crippen LogP contribution < -0.4 is 10.1 Å². The van der Waals surface area contributed by atoms with E-state index < -0.39 is 35.5 Å². The summed E-state index contributed by atoms with van der Waals surface area (Å²) in [4.78, 5) is 12.4. The SMILES string of the molecule is Cc1ccc(NC(=O)C(C)n2nc(C(F)(F)F)c(Cl)c2C)c(OC(F)F)c1. The maximum Gasteiger partial charge on any atom is 0.436 e. The van der Waals surface area contributed by atoms with Crippen LogP contribution in [0.1, 0.15) is 29.9 Å². The molecule has 1 aromatic carbocycles. The van der Waals surface area contributed by atoms with E-state index in [-0.39, 0.29) is 17.1 Å². The van der Waals surface area contributed by atoms with Crippen LogP contribution in [0.15, 0.2) is 18.2 Å². The number of anilines is 1. The highest BCUT2D eigenvalue weighted by atomic mass is 35.5. The minimum Gasteiger partial charge on any atom is -0.433 e. The molecule has 0 aliphatic heterocycles. The number of nitrogens with zero attached hydrogens (tertiary/aromatic N) is 2. The Morgan fingerprint density at radius 3 is 2.44 bits per heavy atom. The van der Waals surface area contributed by atoms with Gasteiger partial charge in [0.15, 0.2) is 5.69 Å². The Hall–Kier alpha value is -2.36. The predicted molar refractivity (Wildman–Crippen MR) is 88.1 cm³/mol. The number of aryl methyl sites for hydroxylation is 1. The lowest BCUT2D eigenvalue weighted by Gasteiger charge is -2.17. The third-order valence-corrected chi connectivity index (χ3v) is 4.16. The van der Waals surface area contributed by atoms with E-state index in [0.29, 0.717) is 5.56 Å². The number of aromatic nitrogens is 2. The van der Waals surface area contributed by atoms with E-state index in [9.17, 15) is 26.7 Å². The zero-order valence-corrected chi connectivity index (χ0v) is 15.1. The van der Waals surface area contributed by atoms with Crippen LogP contribution in [-0.2, 0) is 11.0 Å². The maximum atomic E-state index is 12.9. The van der Waals surface area contributed by atoms with E-state index in [0.717, 1.165) is 4.68 Å². The molecule has 0 bridgehead atoms. The summed E-state index contributed by atoms with van der Waals surface area (Å²) in [5, 5.41) is 5.12. The summed E-state index contributed by atoms with van der Waals surface area (Å²) in [6.07, 6.45) is -4.78. The predicted octanol–water partition coefficient (Wildman–Crippen LogP) is 4.97. The van der Waals surface area contributed by atoms with E-state index in [1.807, 2.05) is 0 Å². The first-order valence-corrected chi connectivity index (χ1v) is 7.97. The molecular formula is C16H15ClF5N3O2. The summed E-state index contributed by atoms with van der Waals surface area (Å²) >= 11 is 5.67. The molecular weight excluding hydrogens is 397 g/mol. The summed E-state index contributed by atoms with van der Waals surface area (Å²) in [5.74, 6) is -1.05. The Morgan fingerprint density at radius 1 is 1.30 bits per heavy atom. The number of benzene rings is 1. The van der Waals surface area contributed by atoms with Crippen LogP contribution in [0.2, 0.25) is 5.02 Å². The van der Waals surface area contributed by atoms with Crippen molar-refractivity contribution in [3.8, 4) is 5.75 Å². The number of rotatable bonds is 5. The Kier molecular flexibility index (Phi) is 5.98. The van der Waals surface area contributed by atoms with Crippen LogP contribution in [-0.4, -0.2) is 22.3 Å². The van der Waals surface area contributed by atoms with Crippen molar-refractivity contribution in [2.24, 2.45) is 0 Å². The van der Waals surface area contributed by atoms with Gasteiger partial charge in [0.2, 0.25) is 5.91 Å². The molecule has 0 aliphatic carbocycles. The van der Waals surface area contributed by atoms with Gasteiger partial charge in [0.05, 0.1) is 16.4 Å². The van der Waals surface area contributed by atoms with Gasteiger partial charge < -0.3 is 10.1 Å². The molecule has 5 nitrogen and oxygen atoms in total. The van der Waals surface area contributed by atoms with Gasteiger partial charge in [-0.05, 0) is 38.5 Å². The highest BCUT2D eigenvalue weighted by Crippen LogP contribution is 2.36. The Labute approximate surface area is 156 Å². The largest absolute Gasteiger partial charge is 0.436 e. The lowest BCUT2D eigenvalue weighted by molar-refractivity contribution is -0.141. The van der Waals surface area contributed by atoms with Crippen molar-refractivity contribution in [2.75, 3.05) is 5.32 Å². The third-order valence-electron chi connectivity index (χ3n) is 3.70. The normalized spacial score (nSPS) is 13.0. The Bertz CT molecular complexity index is 851. The van der Waals surface area contributed by atoms with E-state index >= 15 is 0 Å². The third kappa shape index (κ3) is 4.68. The van der Waals surface area contributed by atoms with Gasteiger partial charge >= 0.3 is 12.8 Å². The van der Waals surface area contributed by atoms with Crippen molar-refractivity contribution in [3.63, 3.8) is 0 Å². The molecule has 1 amide bonds. The molecule has 27 heavy (non-hydrogen) atoms. The second kappa shape index (κ2) is 7.71. The van der Waals surface area contributed by atoms with Crippen molar-refractivity contribution in [2.45, 2.75) is 39.6 Å². The van der Waals surface area contributed by atoms with Crippen LogP contribution in [0.3, 0.4) is 0 Å². The van der Waals surface area contributed by atoms with Gasteiger partial charge in [0.1, 0.15) is 11.8 Å². The average Bonchev–Trinajstić information content (AvgIpc) is 2.84. The lowest BCUT2D eigenvalue weighted by atomic mass is 10.2. The molecule has 1 unspecified atom stereocenters. The van der Waals surface area contributed by atoms with Crippen LogP contribution in [0, 0.1) is 13.8 Å². The van der Waals surface area contributed by atoms with Gasteiger partial charge in [-0.2, -0.15) is 27.1 Å². The molecule has 2 aromatic rings. The van der Waals surface area contributed by atoms with Crippen LogP contribution >= 0.6 is 11.6 Å². The number of ether oxygens (including phenoxy) is 1. The van der Waals surface area contributed by atoms with E-state index in [1.54, 1.807) is 13.0 Å². The molecule has 148 valence electrons. The first-order chi connectivity index (χ1) is 12.4. The summed E-state index contributed by atoms with van der Waals surface area (Å²) in [6.45, 7) is 1.11. The van der Waals surface area contributed by atoms with Crippen molar-refractivity contribution >= 4 is 23.2 Å². The van der Waals surface area contributed by atoms with Gasteiger partial charge in [-0.1, -0.05) is 17.7 Å². The zero-order chi connectivity index (χ0) is 20.5. The molecule has 0 fully saturated rings. The van der Waals surface area contributed by atoms with Crippen LogP contribution in [0.5, 0.6) is 5.75 Å². The summed E-state index contributed by atoms with van der Waals surface area (Å²) in [5.41, 5.74) is -0.802. The summed E-state index contributed by atoms with van der Waals surface area (Å²) in [7, 11) is 0. The van der Waals surface area contributed by atoms with E-state index in [1.165, 1.54) is 26.0 Å². The molecule has 1 heterocycles. The topological polar surface area (TPSA) is 56.2 Å². The van der Waals surface area contributed by atoms with Crippen molar-refractivity contribution in [1.82, 2.24) is 9.78 Å². The van der Waals surface area contributed by atoms with Crippen LogP contribution in [0.25, 0.3) is 0 Å². The van der Waals surface area contributed by atoms with Gasteiger partial charge in [-0.25, -0.2) is 0 Å². The number of halogens is 6. The zero-order valence-electron chi connectivity index (χ0n) is 14.4. The monoisotopic (exact) mass is 411 g/mol. The van der Waals surface area contributed by atoms with Gasteiger partial charge in [-0.3, -0.25) is 9.48 Å². The molecule has 1 N–H and O–H groups in total. The number of carbonyl (C=O) groups excluding carboxylic acids is 1. The van der Waals surface area contributed by atoms with E-state index in [2.05, 4.69) is 15.2 Å². The quantitative estimate of drug-likeness (QED) is 0.706. The molecule has 1 aromatic heterocycles. The molecule has 0 spiro atoms. The van der Waals surface area contributed by atoms with Gasteiger partial charge in [0, 0.05) is 0 Å². The fourth-order valence-corrected chi connectivity index (χ4v) is 2.56. The summed E-state index contributed by atoms with van der Waals surface area (Å²) < 4.78 is 69.0. The molecule has 0 radical (unpaired) electrons. The number of hydrogen-bond acceptors (Lipinski definition) is 3. The van der Waals surface area contributed by atoms with Crippen molar-refractivity contribution in [3.05, 3.63) is 40.2 Å². The standard InChI is InChI=1S/C16H15ClF5N3O2/c1-7-4-5-10(11(6-7)27-15(18)19)23-14(26)9(3)25-8(2)12(17)13(24-25)16(20,21)22/h4-6,9,15H,1-3H3,(H,23,26). The fraction of sp³-hybridized carbons (Fsp3) is 0.375. The first kappa shape index (κ1) is 20.9. The molecule has 1 atom stereocenters. The number of alkyl halides is 5. The molecule has 2 rings (SSSR count). The molecule has 0 saturated carbocycles. The lowest BCUT2D eigenvalue weighted by Crippen LogP contribution is -2.26. The Morgan fingerprint density at radius 2 is 1.93 bits per heavy atom. The minimum atomic E-state index is -4.78. The molecule has 0 saturated heterocycles. The molecule has 11 heteroatoms. The number of nitrogens with one attached hydrogen (secondary N) is 1. The maximum absolute atomic E-state index is 12.9. The molecule has 0 aliphatic rings. The second-order valence-electron chi connectivity index (χ2n) is 5.73. The van der Waals surface area contributed by atoms with Crippen molar-refractivity contribution < 1.29 is 31.5 Å². The van der Waals surface area contributed by atoms with E-state index in [4.69, 9.17) is 11.6 Å². The number of amides is 1. The van der Waals surface area contributed by atoms with Crippen molar-refractivity contribution in [1.29, 1.82) is 0 Å². The number of carbonyl (C=O) groups is 1. The minimum absolute atomic E-state index is 0.0512. The second-order valence-corrected chi connectivity index (χ2v) is 6.11.